The Kier molecular flexibility index (Phi) is 3.83. The molecule has 0 aliphatic carbocycles. The average molecular weight is 311 g/mol. The van der Waals surface area contributed by atoms with E-state index in [9.17, 15) is 4.79 Å². The molecule has 4 heterocycles. The molecule has 2 aromatic rings. The summed E-state index contributed by atoms with van der Waals surface area (Å²) in [7, 11) is 0. The quantitative estimate of drug-likeness (QED) is 0.936. The van der Waals surface area contributed by atoms with Gasteiger partial charge in [0, 0.05) is 42.8 Å². The summed E-state index contributed by atoms with van der Waals surface area (Å²) in [5.41, 5.74) is 0.651. The summed E-state index contributed by atoms with van der Waals surface area (Å²) in [5, 5.41) is 3.23. The van der Waals surface area contributed by atoms with Crippen molar-refractivity contribution < 1.29 is 4.79 Å². The molecule has 2 aromatic heterocycles. The molecule has 0 aromatic carbocycles. The van der Waals surface area contributed by atoms with Gasteiger partial charge in [-0.1, -0.05) is 6.42 Å². The van der Waals surface area contributed by atoms with E-state index in [1.165, 1.54) is 25.8 Å². The number of fused-ring (bicyclic) bond motifs is 1. The third-order valence-corrected chi connectivity index (χ3v) is 4.95. The standard InChI is InChI=1S/C17H21N5O/c23-17(20-14-5-9-21-8-2-1-3-15(14)21)13-4-6-19-16(11-13)22-10-7-18-12-22/h4,6-7,10-12,14-15H,1-3,5,8-9H2,(H,20,23)/t14-,15-/m0/s1. The first-order chi connectivity index (χ1) is 11.3. The van der Waals surface area contributed by atoms with Crippen molar-refractivity contribution in [1.82, 2.24) is 24.8 Å². The molecule has 2 aliphatic heterocycles. The topological polar surface area (TPSA) is 63.1 Å². The van der Waals surface area contributed by atoms with E-state index in [1.54, 1.807) is 29.4 Å². The first kappa shape index (κ1) is 14.4. The zero-order chi connectivity index (χ0) is 15.6. The first-order valence-corrected chi connectivity index (χ1v) is 8.30. The van der Waals surface area contributed by atoms with Crippen LogP contribution in [0.25, 0.3) is 5.82 Å². The number of nitrogens with zero attached hydrogens (tertiary/aromatic N) is 4. The highest BCUT2D eigenvalue weighted by Crippen LogP contribution is 2.27. The van der Waals surface area contributed by atoms with Gasteiger partial charge in [-0.15, -0.1) is 0 Å². The second-order valence-corrected chi connectivity index (χ2v) is 6.34. The number of amides is 1. The van der Waals surface area contributed by atoms with Crippen LogP contribution in [0.4, 0.5) is 0 Å². The SMILES string of the molecule is O=C(N[C@H]1CCN2CCCC[C@@H]12)c1ccnc(-n2ccnc2)c1. The van der Waals surface area contributed by atoms with Crippen LogP contribution in [0.5, 0.6) is 0 Å². The molecule has 1 N–H and O–H groups in total. The molecule has 2 fully saturated rings. The van der Waals surface area contributed by atoms with Gasteiger partial charge in [0.2, 0.25) is 0 Å². The number of rotatable bonds is 3. The maximum atomic E-state index is 12.6. The lowest BCUT2D eigenvalue weighted by molar-refractivity contribution is 0.0915. The molecule has 0 radical (unpaired) electrons. The Morgan fingerprint density at radius 1 is 1.22 bits per heavy atom. The van der Waals surface area contributed by atoms with E-state index in [2.05, 4.69) is 20.2 Å². The summed E-state index contributed by atoms with van der Waals surface area (Å²) in [4.78, 5) is 23.5. The first-order valence-electron chi connectivity index (χ1n) is 8.30. The molecule has 120 valence electrons. The van der Waals surface area contributed by atoms with Crippen molar-refractivity contribution in [3.63, 3.8) is 0 Å². The minimum absolute atomic E-state index is 0.00816. The molecule has 2 aliphatic rings. The Labute approximate surface area is 135 Å². The van der Waals surface area contributed by atoms with Crippen LogP contribution < -0.4 is 5.32 Å². The highest BCUT2D eigenvalue weighted by atomic mass is 16.1. The second kappa shape index (κ2) is 6.12. The van der Waals surface area contributed by atoms with Crippen molar-refractivity contribution in [1.29, 1.82) is 0 Å². The normalized spacial score (nSPS) is 24.3. The summed E-state index contributed by atoms with van der Waals surface area (Å²) in [5.74, 6) is 0.701. The fourth-order valence-electron chi connectivity index (χ4n) is 3.76. The van der Waals surface area contributed by atoms with Gasteiger partial charge in [0.05, 0.1) is 0 Å². The number of carbonyl (C=O) groups excluding carboxylic acids is 1. The highest BCUT2D eigenvalue weighted by molar-refractivity contribution is 5.94. The highest BCUT2D eigenvalue weighted by Gasteiger charge is 2.36. The minimum atomic E-state index is -0.00816. The van der Waals surface area contributed by atoms with Crippen LogP contribution in [0.2, 0.25) is 0 Å². The van der Waals surface area contributed by atoms with E-state index in [-0.39, 0.29) is 11.9 Å². The van der Waals surface area contributed by atoms with Gasteiger partial charge in [0.15, 0.2) is 0 Å². The number of imidazole rings is 1. The number of pyridine rings is 1. The van der Waals surface area contributed by atoms with Crippen LogP contribution in [-0.4, -0.2) is 50.5 Å². The van der Waals surface area contributed by atoms with Crippen LogP contribution >= 0.6 is 0 Å². The van der Waals surface area contributed by atoms with E-state index in [0.717, 1.165) is 13.0 Å². The van der Waals surface area contributed by atoms with Crippen LogP contribution in [0, 0.1) is 0 Å². The summed E-state index contributed by atoms with van der Waals surface area (Å²) >= 11 is 0. The zero-order valence-electron chi connectivity index (χ0n) is 13.1. The lowest BCUT2D eigenvalue weighted by Crippen LogP contribution is -2.46. The molecule has 6 heteroatoms. The molecule has 0 unspecified atom stereocenters. The second-order valence-electron chi connectivity index (χ2n) is 6.34. The van der Waals surface area contributed by atoms with Gasteiger partial charge in [-0.2, -0.15) is 0 Å². The molecule has 0 bridgehead atoms. The van der Waals surface area contributed by atoms with Gasteiger partial charge >= 0.3 is 0 Å². The summed E-state index contributed by atoms with van der Waals surface area (Å²) in [6.07, 6.45) is 11.7. The molecular formula is C17H21N5O. The smallest absolute Gasteiger partial charge is 0.251 e. The molecule has 4 rings (SSSR count). The van der Waals surface area contributed by atoms with E-state index in [4.69, 9.17) is 0 Å². The van der Waals surface area contributed by atoms with E-state index < -0.39 is 0 Å². The maximum Gasteiger partial charge on any atom is 0.251 e. The van der Waals surface area contributed by atoms with Gasteiger partial charge in [0.1, 0.15) is 12.1 Å². The predicted molar refractivity (Wildman–Crippen MR) is 86.4 cm³/mol. The van der Waals surface area contributed by atoms with Crippen molar-refractivity contribution in [2.75, 3.05) is 13.1 Å². The van der Waals surface area contributed by atoms with Crippen molar-refractivity contribution in [3.8, 4) is 5.82 Å². The third kappa shape index (κ3) is 2.86. The monoisotopic (exact) mass is 311 g/mol. The van der Waals surface area contributed by atoms with Crippen LogP contribution in [0.1, 0.15) is 36.0 Å². The minimum Gasteiger partial charge on any atom is -0.348 e. The van der Waals surface area contributed by atoms with E-state index in [1.807, 2.05) is 12.3 Å². The molecule has 23 heavy (non-hydrogen) atoms. The lowest BCUT2D eigenvalue weighted by atomic mass is 9.99. The van der Waals surface area contributed by atoms with Crippen LogP contribution in [0.3, 0.4) is 0 Å². The molecule has 0 spiro atoms. The molecule has 6 nitrogen and oxygen atoms in total. The Morgan fingerprint density at radius 2 is 2.17 bits per heavy atom. The summed E-state index contributed by atoms with van der Waals surface area (Å²) in [6, 6.07) is 4.36. The molecule has 2 saturated heterocycles. The van der Waals surface area contributed by atoms with Gasteiger partial charge < -0.3 is 5.32 Å². The molecule has 1 amide bonds. The van der Waals surface area contributed by atoms with Gasteiger partial charge in [-0.3, -0.25) is 14.3 Å². The van der Waals surface area contributed by atoms with Crippen LogP contribution in [0.15, 0.2) is 37.1 Å². The Balaban J connectivity index is 1.48. The fourth-order valence-corrected chi connectivity index (χ4v) is 3.76. The number of aromatic nitrogens is 3. The van der Waals surface area contributed by atoms with Crippen molar-refractivity contribution in [2.45, 2.75) is 37.8 Å². The van der Waals surface area contributed by atoms with Crippen LogP contribution in [-0.2, 0) is 0 Å². The molecular weight excluding hydrogens is 290 g/mol. The Hall–Kier alpha value is -2.21. The number of nitrogens with one attached hydrogen (secondary N) is 1. The van der Waals surface area contributed by atoms with Crippen molar-refractivity contribution in [2.24, 2.45) is 0 Å². The number of carbonyl (C=O) groups is 1. The van der Waals surface area contributed by atoms with Gasteiger partial charge in [-0.05, 0) is 37.9 Å². The van der Waals surface area contributed by atoms with Crippen molar-refractivity contribution in [3.05, 3.63) is 42.6 Å². The maximum absolute atomic E-state index is 12.6. The summed E-state index contributed by atoms with van der Waals surface area (Å²) in [6.45, 7) is 2.28. The van der Waals surface area contributed by atoms with Crippen molar-refractivity contribution >= 4 is 5.91 Å². The predicted octanol–water partition coefficient (Wildman–Crippen LogP) is 1.62. The zero-order valence-corrected chi connectivity index (χ0v) is 13.1. The number of piperidine rings is 1. The summed E-state index contributed by atoms with van der Waals surface area (Å²) < 4.78 is 1.80. The van der Waals surface area contributed by atoms with E-state index >= 15 is 0 Å². The Bertz CT molecular complexity index is 684. The largest absolute Gasteiger partial charge is 0.348 e. The molecule has 0 saturated carbocycles. The number of hydrogen-bond acceptors (Lipinski definition) is 4. The van der Waals surface area contributed by atoms with E-state index in [0.29, 0.717) is 17.4 Å². The fraction of sp³-hybridized carbons (Fsp3) is 0.471. The molecule has 2 atom stereocenters. The lowest BCUT2D eigenvalue weighted by Gasteiger charge is -2.32. The number of hydrogen-bond donors (Lipinski definition) is 1. The van der Waals surface area contributed by atoms with Gasteiger partial charge in [-0.25, -0.2) is 9.97 Å². The Morgan fingerprint density at radius 3 is 3.04 bits per heavy atom. The average Bonchev–Trinajstić information content (AvgIpc) is 3.25. The third-order valence-electron chi connectivity index (χ3n) is 4.95. The van der Waals surface area contributed by atoms with Gasteiger partial charge in [0.25, 0.3) is 5.91 Å².